The van der Waals surface area contributed by atoms with Gasteiger partial charge in [0.05, 0.1) is 4.88 Å². The van der Waals surface area contributed by atoms with Gasteiger partial charge in [-0.05, 0) is 5.56 Å². The summed E-state index contributed by atoms with van der Waals surface area (Å²) in [5.41, 5.74) is 5.98. The molecule has 1 fully saturated rings. The summed E-state index contributed by atoms with van der Waals surface area (Å²) in [5, 5.41) is 3.31. The van der Waals surface area contributed by atoms with Crippen LogP contribution in [-0.2, 0) is 4.74 Å². The number of primary amides is 1. The van der Waals surface area contributed by atoms with Crippen LogP contribution in [0.1, 0.15) is 22.6 Å². The van der Waals surface area contributed by atoms with Crippen molar-refractivity contribution in [3.8, 4) is 10.4 Å². The lowest BCUT2D eigenvalue weighted by Gasteiger charge is -2.34. The number of hydrogen-bond acceptors (Lipinski definition) is 5. The fraction of sp³-hybridized carbons (Fsp3) is 0.267. The van der Waals surface area contributed by atoms with Crippen molar-refractivity contribution in [2.24, 2.45) is 5.73 Å². The van der Waals surface area contributed by atoms with Gasteiger partial charge in [-0.25, -0.2) is 9.78 Å². The lowest BCUT2D eigenvalue weighted by molar-refractivity contribution is 0.0363. The number of carbonyl (C=O) groups is 2. The van der Waals surface area contributed by atoms with Crippen LogP contribution in [0.25, 0.3) is 10.4 Å². The van der Waals surface area contributed by atoms with E-state index in [0.29, 0.717) is 17.8 Å². The third kappa shape index (κ3) is 3.25. The SMILES string of the molecule is NC(=O)O[C@H]1C[C@@H](NC(=O)c2ncc(-c3ccccc3)s2)C1. The summed E-state index contributed by atoms with van der Waals surface area (Å²) < 4.78 is 4.84. The molecule has 0 unspecified atom stereocenters. The van der Waals surface area contributed by atoms with E-state index in [4.69, 9.17) is 10.5 Å². The Labute approximate surface area is 131 Å². The van der Waals surface area contributed by atoms with Crippen LogP contribution < -0.4 is 11.1 Å². The first kappa shape index (κ1) is 14.5. The molecule has 1 aromatic carbocycles. The summed E-state index contributed by atoms with van der Waals surface area (Å²) in [5.74, 6) is -0.199. The Morgan fingerprint density at radius 3 is 2.68 bits per heavy atom. The third-order valence-corrected chi connectivity index (χ3v) is 4.52. The van der Waals surface area contributed by atoms with Crippen molar-refractivity contribution >= 4 is 23.3 Å². The summed E-state index contributed by atoms with van der Waals surface area (Å²) in [6.07, 6.45) is 1.91. The van der Waals surface area contributed by atoms with Crippen molar-refractivity contribution in [1.82, 2.24) is 10.3 Å². The first-order chi connectivity index (χ1) is 10.6. The zero-order chi connectivity index (χ0) is 15.5. The molecular weight excluding hydrogens is 302 g/mol. The highest BCUT2D eigenvalue weighted by molar-refractivity contribution is 7.16. The Kier molecular flexibility index (Phi) is 4.06. The van der Waals surface area contributed by atoms with Crippen molar-refractivity contribution in [3.63, 3.8) is 0 Å². The molecule has 6 nitrogen and oxygen atoms in total. The second-order valence-corrected chi connectivity index (χ2v) is 6.13. The molecule has 0 spiro atoms. The van der Waals surface area contributed by atoms with Gasteiger partial charge in [-0.2, -0.15) is 0 Å². The lowest BCUT2D eigenvalue weighted by Crippen LogP contribution is -2.48. The highest BCUT2D eigenvalue weighted by Crippen LogP contribution is 2.27. The number of benzene rings is 1. The number of carbonyl (C=O) groups excluding carboxylic acids is 2. The van der Waals surface area contributed by atoms with Gasteiger partial charge in [0.25, 0.3) is 5.91 Å². The number of rotatable bonds is 4. The molecule has 0 radical (unpaired) electrons. The number of nitrogens with zero attached hydrogens (tertiary/aromatic N) is 1. The van der Waals surface area contributed by atoms with Crippen molar-refractivity contribution in [3.05, 3.63) is 41.5 Å². The Balaban J connectivity index is 1.56. The molecule has 0 saturated heterocycles. The maximum atomic E-state index is 12.1. The number of hydrogen-bond donors (Lipinski definition) is 2. The molecule has 1 heterocycles. The molecule has 114 valence electrons. The average Bonchev–Trinajstić information content (AvgIpc) is 2.95. The van der Waals surface area contributed by atoms with E-state index in [2.05, 4.69) is 10.3 Å². The number of aromatic nitrogens is 1. The quantitative estimate of drug-likeness (QED) is 0.903. The standard InChI is InChI=1S/C15H15N3O3S/c16-15(20)21-11-6-10(7-11)18-13(19)14-17-8-12(22-14)9-4-2-1-3-5-9/h1-5,8,10-11H,6-7H2,(H2,16,20)(H,18,19)/t10-,11+. The lowest BCUT2D eigenvalue weighted by atomic mass is 9.89. The summed E-state index contributed by atoms with van der Waals surface area (Å²) in [4.78, 5) is 27.8. The largest absolute Gasteiger partial charge is 0.446 e. The van der Waals surface area contributed by atoms with E-state index in [9.17, 15) is 9.59 Å². The van der Waals surface area contributed by atoms with Gasteiger partial charge < -0.3 is 15.8 Å². The molecule has 2 aromatic rings. The van der Waals surface area contributed by atoms with E-state index < -0.39 is 6.09 Å². The van der Waals surface area contributed by atoms with E-state index in [-0.39, 0.29) is 18.1 Å². The average molecular weight is 317 g/mol. The first-order valence-electron chi connectivity index (χ1n) is 6.90. The van der Waals surface area contributed by atoms with Crippen molar-refractivity contribution in [2.75, 3.05) is 0 Å². The molecule has 1 aliphatic rings. The Bertz CT molecular complexity index is 680. The van der Waals surface area contributed by atoms with Gasteiger partial charge in [-0.3, -0.25) is 4.79 Å². The number of amides is 2. The molecule has 1 aromatic heterocycles. The van der Waals surface area contributed by atoms with E-state index in [1.54, 1.807) is 6.20 Å². The molecule has 7 heteroatoms. The second-order valence-electron chi connectivity index (χ2n) is 5.10. The highest BCUT2D eigenvalue weighted by Gasteiger charge is 2.33. The van der Waals surface area contributed by atoms with E-state index in [1.165, 1.54) is 11.3 Å². The van der Waals surface area contributed by atoms with E-state index in [1.807, 2.05) is 30.3 Å². The smallest absolute Gasteiger partial charge is 0.404 e. The minimum absolute atomic E-state index is 0.000857. The predicted molar refractivity (Wildman–Crippen MR) is 82.5 cm³/mol. The minimum atomic E-state index is -0.776. The van der Waals surface area contributed by atoms with Gasteiger partial charge in [0, 0.05) is 25.1 Å². The van der Waals surface area contributed by atoms with Crippen LogP contribution in [0, 0.1) is 0 Å². The maximum absolute atomic E-state index is 12.1. The molecule has 1 aliphatic carbocycles. The van der Waals surface area contributed by atoms with Crippen LogP contribution in [0.5, 0.6) is 0 Å². The van der Waals surface area contributed by atoms with Crippen LogP contribution >= 0.6 is 11.3 Å². The summed E-state index contributed by atoms with van der Waals surface area (Å²) in [6.45, 7) is 0. The van der Waals surface area contributed by atoms with Crippen molar-refractivity contribution in [2.45, 2.75) is 25.0 Å². The molecule has 2 amide bonds. The van der Waals surface area contributed by atoms with Gasteiger partial charge in [0.15, 0.2) is 5.01 Å². The molecule has 0 aliphatic heterocycles. The zero-order valence-electron chi connectivity index (χ0n) is 11.7. The molecular formula is C15H15N3O3S. The Morgan fingerprint density at radius 2 is 2.00 bits per heavy atom. The molecule has 22 heavy (non-hydrogen) atoms. The molecule has 3 N–H and O–H groups in total. The van der Waals surface area contributed by atoms with Gasteiger partial charge in [0.2, 0.25) is 0 Å². The van der Waals surface area contributed by atoms with Gasteiger partial charge in [0.1, 0.15) is 6.10 Å². The fourth-order valence-electron chi connectivity index (χ4n) is 2.31. The Morgan fingerprint density at radius 1 is 1.27 bits per heavy atom. The second kappa shape index (κ2) is 6.15. The molecule has 1 saturated carbocycles. The normalized spacial score (nSPS) is 20.0. The van der Waals surface area contributed by atoms with Crippen molar-refractivity contribution < 1.29 is 14.3 Å². The number of nitrogens with one attached hydrogen (secondary N) is 1. The van der Waals surface area contributed by atoms with E-state index in [0.717, 1.165) is 10.4 Å². The Hall–Kier alpha value is -2.41. The number of ether oxygens (including phenoxy) is 1. The number of thiazole rings is 1. The van der Waals surface area contributed by atoms with Crippen LogP contribution in [0.2, 0.25) is 0 Å². The maximum Gasteiger partial charge on any atom is 0.404 e. The van der Waals surface area contributed by atoms with Gasteiger partial charge in [-0.15, -0.1) is 11.3 Å². The third-order valence-electron chi connectivity index (χ3n) is 3.47. The molecule has 0 atom stereocenters. The first-order valence-corrected chi connectivity index (χ1v) is 7.71. The van der Waals surface area contributed by atoms with Crippen LogP contribution in [0.4, 0.5) is 4.79 Å². The van der Waals surface area contributed by atoms with Gasteiger partial charge in [-0.1, -0.05) is 30.3 Å². The van der Waals surface area contributed by atoms with Crippen LogP contribution in [0.15, 0.2) is 36.5 Å². The summed E-state index contributed by atoms with van der Waals surface area (Å²) in [7, 11) is 0. The fourth-order valence-corrected chi connectivity index (χ4v) is 3.13. The molecule has 0 bridgehead atoms. The van der Waals surface area contributed by atoms with Gasteiger partial charge >= 0.3 is 6.09 Å². The minimum Gasteiger partial charge on any atom is -0.446 e. The highest BCUT2D eigenvalue weighted by atomic mass is 32.1. The van der Waals surface area contributed by atoms with E-state index >= 15 is 0 Å². The summed E-state index contributed by atoms with van der Waals surface area (Å²) in [6, 6.07) is 9.80. The topological polar surface area (TPSA) is 94.3 Å². The molecule has 3 rings (SSSR count). The summed E-state index contributed by atoms with van der Waals surface area (Å²) >= 11 is 1.35. The zero-order valence-corrected chi connectivity index (χ0v) is 12.5. The van der Waals surface area contributed by atoms with Crippen LogP contribution in [0.3, 0.4) is 0 Å². The monoisotopic (exact) mass is 317 g/mol. The number of nitrogens with two attached hydrogens (primary N) is 1. The predicted octanol–water partition coefficient (Wildman–Crippen LogP) is 2.17. The van der Waals surface area contributed by atoms with Crippen LogP contribution in [-0.4, -0.2) is 29.1 Å². The van der Waals surface area contributed by atoms with Crippen molar-refractivity contribution in [1.29, 1.82) is 0 Å².